The molecular weight excluding hydrogens is 230 g/mol. The monoisotopic (exact) mass is 256 g/mol. The zero-order valence-corrected chi connectivity index (χ0v) is 12.4. The molecule has 0 N–H and O–H groups in total. The number of hydrogen-bond acceptors (Lipinski definition) is 0. The molecule has 0 saturated heterocycles. The van der Waals surface area contributed by atoms with Crippen LogP contribution < -0.4 is 4.57 Å². The molecule has 98 valence electrons. The van der Waals surface area contributed by atoms with E-state index in [0.717, 1.165) is 0 Å². The van der Waals surface area contributed by atoms with Crippen LogP contribution >= 0.6 is 12.4 Å². The summed E-state index contributed by atoms with van der Waals surface area (Å²) in [4.78, 5) is 0. The Hall–Kier alpha value is -0.560. The highest BCUT2D eigenvalue weighted by Crippen LogP contribution is 2.05. The van der Waals surface area contributed by atoms with E-state index in [9.17, 15) is 0 Å². The van der Waals surface area contributed by atoms with Gasteiger partial charge in [-0.2, -0.15) is 0 Å². The fraction of sp³-hybridized carbons (Fsp3) is 0.667. The zero-order valence-electron chi connectivity index (χ0n) is 11.5. The summed E-state index contributed by atoms with van der Waals surface area (Å²) in [5.41, 5.74) is 2.81. The van der Waals surface area contributed by atoms with Crippen molar-refractivity contribution in [3.05, 3.63) is 29.6 Å². The van der Waals surface area contributed by atoms with E-state index >= 15 is 0 Å². The quantitative estimate of drug-likeness (QED) is 0.504. The molecule has 0 saturated carbocycles. The van der Waals surface area contributed by atoms with Crippen molar-refractivity contribution in [1.82, 2.24) is 0 Å². The molecule has 0 aliphatic rings. The van der Waals surface area contributed by atoms with Crippen LogP contribution in [0.15, 0.2) is 18.3 Å². The Kier molecular flexibility index (Phi) is 9.16. The van der Waals surface area contributed by atoms with Crippen molar-refractivity contribution in [2.45, 2.75) is 65.8 Å². The van der Waals surface area contributed by atoms with Crippen LogP contribution in [-0.4, -0.2) is 0 Å². The van der Waals surface area contributed by atoms with E-state index in [-0.39, 0.29) is 12.4 Å². The second kappa shape index (κ2) is 9.47. The Bertz CT molecular complexity index is 310. The molecule has 0 amide bonds. The van der Waals surface area contributed by atoms with Gasteiger partial charge in [0.05, 0.1) is 0 Å². The normalized spacial score (nSPS) is 10.1. The lowest BCUT2D eigenvalue weighted by Crippen LogP contribution is -2.37. The maximum atomic E-state index is 2.38. The standard InChI is InChI=1S/C15H26N.ClH/c1-4-5-6-7-8-9-12-16-13-10-11-14(2)15(16)3;/h10-11,13H,4-9,12H2,1-3H3;1H/q+1;. The summed E-state index contributed by atoms with van der Waals surface area (Å²) < 4.78 is 2.38. The maximum Gasteiger partial charge on any atom is 0.181 e. The number of aromatic nitrogens is 1. The van der Waals surface area contributed by atoms with Gasteiger partial charge in [-0.15, -0.1) is 12.4 Å². The van der Waals surface area contributed by atoms with Gasteiger partial charge in [0, 0.05) is 25.0 Å². The Morgan fingerprint density at radius 1 is 1.00 bits per heavy atom. The Balaban J connectivity index is 0.00000256. The summed E-state index contributed by atoms with van der Waals surface area (Å²) in [6, 6.07) is 4.34. The molecule has 0 spiro atoms. The second-order valence-electron chi connectivity index (χ2n) is 4.74. The lowest BCUT2D eigenvalue weighted by molar-refractivity contribution is -0.703. The molecule has 0 radical (unpaired) electrons. The van der Waals surface area contributed by atoms with Gasteiger partial charge in [-0.3, -0.25) is 0 Å². The van der Waals surface area contributed by atoms with E-state index in [2.05, 4.69) is 43.7 Å². The van der Waals surface area contributed by atoms with Crippen molar-refractivity contribution >= 4 is 12.4 Å². The predicted molar refractivity (Wildman–Crippen MR) is 76.7 cm³/mol. The van der Waals surface area contributed by atoms with E-state index in [4.69, 9.17) is 0 Å². The number of pyridine rings is 1. The van der Waals surface area contributed by atoms with Crippen molar-refractivity contribution in [2.24, 2.45) is 0 Å². The third-order valence-corrected chi connectivity index (χ3v) is 3.37. The number of halogens is 1. The summed E-state index contributed by atoms with van der Waals surface area (Å²) >= 11 is 0. The first-order chi connectivity index (χ1) is 7.75. The van der Waals surface area contributed by atoms with Crippen LogP contribution in [0.2, 0.25) is 0 Å². The molecule has 0 aromatic carbocycles. The number of aryl methyl sites for hydroxylation is 2. The van der Waals surface area contributed by atoms with E-state index < -0.39 is 0 Å². The summed E-state index contributed by atoms with van der Waals surface area (Å²) in [7, 11) is 0. The fourth-order valence-electron chi connectivity index (χ4n) is 2.05. The minimum Gasteiger partial charge on any atom is -0.202 e. The Morgan fingerprint density at radius 3 is 2.35 bits per heavy atom. The number of hydrogen-bond donors (Lipinski definition) is 0. The van der Waals surface area contributed by atoms with E-state index in [1.165, 1.54) is 56.3 Å². The molecule has 1 nitrogen and oxygen atoms in total. The van der Waals surface area contributed by atoms with Crippen molar-refractivity contribution in [1.29, 1.82) is 0 Å². The van der Waals surface area contributed by atoms with Crippen LogP contribution in [0.4, 0.5) is 0 Å². The lowest BCUT2D eigenvalue weighted by atomic mass is 10.1. The number of nitrogens with zero attached hydrogens (tertiary/aromatic N) is 1. The first-order valence-electron chi connectivity index (χ1n) is 6.71. The summed E-state index contributed by atoms with van der Waals surface area (Å²) in [6.07, 6.45) is 10.4. The molecular formula is C15H27ClN+. The molecule has 0 aliphatic heterocycles. The highest BCUT2D eigenvalue weighted by Gasteiger charge is 2.06. The van der Waals surface area contributed by atoms with Crippen molar-refractivity contribution in [3.63, 3.8) is 0 Å². The van der Waals surface area contributed by atoms with E-state index in [1.807, 2.05) is 0 Å². The van der Waals surface area contributed by atoms with E-state index in [0.29, 0.717) is 0 Å². The molecule has 0 atom stereocenters. The van der Waals surface area contributed by atoms with Gasteiger partial charge in [0.2, 0.25) is 0 Å². The van der Waals surface area contributed by atoms with Crippen LogP contribution in [0.3, 0.4) is 0 Å². The minimum absolute atomic E-state index is 0. The predicted octanol–water partition coefficient (Wildman–Crippen LogP) is 4.37. The Morgan fingerprint density at radius 2 is 1.65 bits per heavy atom. The molecule has 1 aromatic heterocycles. The summed E-state index contributed by atoms with van der Waals surface area (Å²) in [5.74, 6) is 0. The summed E-state index contributed by atoms with van der Waals surface area (Å²) in [6.45, 7) is 7.85. The van der Waals surface area contributed by atoms with Gasteiger partial charge in [0.1, 0.15) is 6.54 Å². The van der Waals surface area contributed by atoms with Gasteiger partial charge in [-0.1, -0.05) is 32.6 Å². The molecule has 0 unspecified atom stereocenters. The molecule has 0 bridgehead atoms. The van der Waals surface area contributed by atoms with Crippen LogP contribution in [0.25, 0.3) is 0 Å². The fourth-order valence-corrected chi connectivity index (χ4v) is 2.05. The van der Waals surface area contributed by atoms with Crippen LogP contribution in [0.1, 0.15) is 56.7 Å². The minimum atomic E-state index is 0. The van der Waals surface area contributed by atoms with Gasteiger partial charge >= 0.3 is 0 Å². The molecule has 0 aliphatic carbocycles. The number of unbranched alkanes of at least 4 members (excludes halogenated alkanes) is 5. The van der Waals surface area contributed by atoms with Crippen molar-refractivity contribution in [2.75, 3.05) is 0 Å². The third-order valence-electron chi connectivity index (χ3n) is 3.37. The molecule has 1 heterocycles. The highest BCUT2D eigenvalue weighted by atomic mass is 35.5. The van der Waals surface area contributed by atoms with Crippen LogP contribution in [-0.2, 0) is 6.54 Å². The molecule has 1 rings (SSSR count). The molecule has 2 heteroatoms. The maximum absolute atomic E-state index is 2.38. The van der Waals surface area contributed by atoms with Crippen molar-refractivity contribution in [3.8, 4) is 0 Å². The zero-order chi connectivity index (χ0) is 11.8. The van der Waals surface area contributed by atoms with Gasteiger partial charge in [-0.05, 0) is 19.4 Å². The average molecular weight is 257 g/mol. The first-order valence-corrected chi connectivity index (χ1v) is 6.71. The Labute approximate surface area is 113 Å². The highest BCUT2D eigenvalue weighted by molar-refractivity contribution is 5.85. The molecule has 17 heavy (non-hydrogen) atoms. The first kappa shape index (κ1) is 16.4. The van der Waals surface area contributed by atoms with Gasteiger partial charge in [0.15, 0.2) is 11.9 Å². The largest absolute Gasteiger partial charge is 0.202 e. The number of rotatable bonds is 7. The second-order valence-corrected chi connectivity index (χ2v) is 4.74. The van der Waals surface area contributed by atoms with Gasteiger partial charge in [0.25, 0.3) is 0 Å². The van der Waals surface area contributed by atoms with Crippen molar-refractivity contribution < 1.29 is 4.57 Å². The van der Waals surface area contributed by atoms with Crippen LogP contribution in [0, 0.1) is 13.8 Å². The van der Waals surface area contributed by atoms with Crippen LogP contribution in [0.5, 0.6) is 0 Å². The summed E-state index contributed by atoms with van der Waals surface area (Å²) in [5, 5.41) is 0. The molecule has 1 aromatic rings. The van der Waals surface area contributed by atoms with Gasteiger partial charge in [-0.25, -0.2) is 4.57 Å². The third kappa shape index (κ3) is 6.07. The molecule has 0 fully saturated rings. The SMILES string of the molecule is CCCCCCCC[n+]1cccc(C)c1C.Cl. The van der Waals surface area contributed by atoms with Gasteiger partial charge < -0.3 is 0 Å². The topological polar surface area (TPSA) is 3.88 Å². The van der Waals surface area contributed by atoms with E-state index in [1.54, 1.807) is 0 Å². The average Bonchev–Trinajstić information content (AvgIpc) is 2.29. The lowest BCUT2D eigenvalue weighted by Gasteiger charge is -2.03. The smallest absolute Gasteiger partial charge is 0.181 e.